The summed E-state index contributed by atoms with van der Waals surface area (Å²) in [6.07, 6.45) is -0.158. The monoisotopic (exact) mass is 402 g/mol. The van der Waals surface area contributed by atoms with Crippen molar-refractivity contribution >= 4 is 27.5 Å². The molecule has 25 heavy (non-hydrogen) atoms. The van der Waals surface area contributed by atoms with Crippen LogP contribution >= 0.6 is 15.9 Å². The molecular formula is C19H19BrN2O3. The summed E-state index contributed by atoms with van der Waals surface area (Å²) in [4.78, 5) is 17.8. The number of rotatable bonds is 5. The second-order valence-electron chi connectivity index (χ2n) is 5.85. The average Bonchev–Trinajstić information content (AvgIpc) is 3.12. The molecule has 1 amide bonds. The lowest BCUT2D eigenvalue weighted by molar-refractivity contribution is -0.131. The summed E-state index contributed by atoms with van der Waals surface area (Å²) in [7, 11) is 1.62. The smallest absolute Gasteiger partial charge is 0.264 e. The van der Waals surface area contributed by atoms with Gasteiger partial charge in [0.15, 0.2) is 0 Å². The van der Waals surface area contributed by atoms with Gasteiger partial charge in [0.05, 0.1) is 18.9 Å². The third-order valence-corrected chi connectivity index (χ3v) is 4.56. The molecule has 0 bridgehead atoms. The molecule has 0 spiro atoms. The zero-order valence-corrected chi connectivity index (χ0v) is 15.6. The van der Waals surface area contributed by atoms with Gasteiger partial charge < -0.3 is 14.9 Å². The fraction of sp³-hybridized carbons (Fsp3) is 0.263. The molecule has 0 radical (unpaired) electrons. The minimum absolute atomic E-state index is 0.152. The minimum Gasteiger partial charge on any atom is -0.497 e. The Bertz CT molecular complexity index is 807. The SMILES string of the molecule is COc1cccc([C@@H](C)NC(=O)[C@@H]2CC(c3cccc(Br)c3)=NO2)c1. The van der Waals surface area contributed by atoms with Crippen molar-refractivity contribution in [3.8, 4) is 5.75 Å². The summed E-state index contributed by atoms with van der Waals surface area (Å²) < 4.78 is 6.19. The van der Waals surface area contributed by atoms with E-state index in [1.165, 1.54) is 0 Å². The molecule has 5 nitrogen and oxygen atoms in total. The van der Waals surface area contributed by atoms with Crippen molar-refractivity contribution in [1.29, 1.82) is 0 Å². The van der Waals surface area contributed by atoms with Gasteiger partial charge in [0.25, 0.3) is 5.91 Å². The molecule has 1 aliphatic heterocycles. The number of nitrogens with zero attached hydrogens (tertiary/aromatic N) is 1. The summed E-state index contributed by atoms with van der Waals surface area (Å²) in [6.45, 7) is 1.93. The van der Waals surface area contributed by atoms with Gasteiger partial charge in [-0.1, -0.05) is 45.4 Å². The zero-order chi connectivity index (χ0) is 17.8. The van der Waals surface area contributed by atoms with E-state index in [1.807, 2.05) is 55.5 Å². The number of hydrogen-bond donors (Lipinski definition) is 1. The number of ether oxygens (including phenoxy) is 1. The third-order valence-electron chi connectivity index (χ3n) is 4.07. The first-order valence-corrected chi connectivity index (χ1v) is 8.79. The normalized spacial score (nSPS) is 17.4. The molecule has 0 saturated heterocycles. The van der Waals surface area contributed by atoms with Gasteiger partial charge in [-0.15, -0.1) is 0 Å². The van der Waals surface area contributed by atoms with Crippen molar-refractivity contribution < 1.29 is 14.4 Å². The average molecular weight is 403 g/mol. The van der Waals surface area contributed by atoms with E-state index in [2.05, 4.69) is 26.4 Å². The topological polar surface area (TPSA) is 59.9 Å². The predicted molar refractivity (Wildman–Crippen MR) is 99.7 cm³/mol. The highest BCUT2D eigenvalue weighted by Crippen LogP contribution is 2.22. The molecule has 0 aliphatic carbocycles. The van der Waals surface area contributed by atoms with Crippen LogP contribution < -0.4 is 10.1 Å². The quantitative estimate of drug-likeness (QED) is 0.826. The Labute approximate surface area is 155 Å². The number of halogens is 1. The zero-order valence-electron chi connectivity index (χ0n) is 14.0. The maximum absolute atomic E-state index is 12.5. The van der Waals surface area contributed by atoms with Crippen molar-refractivity contribution in [3.05, 3.63) is 64.1 Å². The second kappa shape index (κ2) is 7.70. The van der Waals surface area contributed by atoms with Crippen LogP contribution in [0.25, 0.3) is 0 Å². The van der Waals surface area contributed by atoms with E-state index in [1.54, 1.807) is 7.11 Å². The molecule has 1 N–H and O–H groups in total. The van der Waals surface area contributed by atoms with Crippen LogP contribution in [-0.2, 0) is 9.63 Å². The molecule has 2 aromatic carbocycles. The summed E-state index contributed by atoms with van der Waals surface area (Å²) >= 11 is 3.44. The highest BCUT2D eigenvalue weighted by molar-refractivity contribution is 9.10. The number of oxime groups is 1. The first kappa shape index (κ1) is 17.5. The van der Waals surface area contributed by atoms with Crippen LogP contribution in [0.15, 0.2) is 58.2 Å². The van der Waals surface area contributed by atoms with Crippen molar-refractivity contribution in [2.45, 2.75) is 25.5 Å². The van der Waals surface area contributed by atoms with Crippen LogP contribution in [0.5, 0.6) is 5.75 Å². The Hall–Kier alpha value is -2.34. The van der Waals surface area contributed by atoms with Crippen LogP contribution in [0, 0.1) is 0 Å². The lowest BCUT2D eigenvalue weighted by atomic mass is 10.0. The van der Waals surface area contributed by atoms with Gasteiger partial charge in [-0.05, 0) is 36.8 Å². The molecule has 3 rings (SSSR count). The standard InChI is InChI=1S/C19H19BrN2O3/c1-12(13-5-4-8-16(10-13)24-2)21-19(23)18-11-17(22-25-18)14-6-3-7-15(20)9-14/h3-10,12,18H,11H2,1-2H3,(H,21,23)/t12-,18+/m1/s1. The van der Waals surface area contributed by atoms with E-state index in [9.17, 15) is 4.79 Å². The molecule has 0 fully saturated rings. The molecule has 130 valence electrons. The van der Waals surface area contributed by atoms with Gasteiger partial charge in [-0.2, -0.15) is 0 Å². The fourth-order valence-corrected chi connectivity index (χ4v) is 3.06. The van der Waals surface area contributed by atoms with Gasteiger partial charge >= 0.3 is 0 Å². The third kappa shape index (κ3) is 4.20. The van der Waals surface area contributed by atoms with Crippen LogP contribution in [0.1, 0.15) is 30.5 Å². The van der Waals surface area contributed by atoms with Gasteiger partial charge in [-0.25, -0.2) is 0 Å². The fourth-order valence-electron chi connectivity index (χ4n) is 2.66. The molecule has 0 saturated carbocycles. The van der Waals surface area contributed by atoms with Gasteiger partial charge in [0.2, 0.25) is 6.10 Å². The van der Waals surface area contributed by atoms with Crippen LogP contribution in [-0.4, -0.2) is 24.8 Å². The molecular weight excluding hydrogens is 384 g/mol. The van der Waals surface area contributed by atoms with E-state index in [4.69, 9.17) is 9.57 Å². The Morgan fingerprint density at radius 2 is 2.12 bits per heavy atom. The van der Waals surface area contributed by atoms with Crippen LogP contribution in [0.2, 0.25) is 0 Å². The summed E-state index contributed by atoms with van der Waals surface area (Å²) in [5.41, 5.74) is 2.69. The molecule has 2 atom stereocenters. The van der Waals surface area contributed by atoms with Gasteiger partial charge in [0, 0.05) is 16.5 Å². The summed E-state index contributed by atoms with van der Waals surface area (Å²) in [5.74, 6) is 0.583. The van der Waals surface area contributed by atoms with Gasteiger partial charge in [0.1, 0.15) is 5.75 Å². The van der Waals surface area contributed by atoms with Gasteiger partial charge in [-0.3, -0.25) is 4.79 Å². The molecule has 2 aromatic rings. The number of methoxy groups -OCH3 is 1. The first-order chi connectivity index (χ1) is 12.1. The number of nitrogens with one attached hydrogen (secondary N) is 1. The number of carbonyl (C=O) groups excluding carboxylic acids is 1. The Balaban J connectivity index is 1.61. The van der Waals surface area contributed by atoms with E-state index in [-0.39, 0.29) is 11.9 Å². The van der Waals surface area contributed by atoms with E-state index < -0.39 is 6.10 Å². The molecule has 1 heterocycles. The highest BCUT2D eigenvalue weighted by atomic mass is 79.9. The highest BCUT2D eigenvalue weighted by Gasteiger charge is 2.29. The van der Waals surface area contributed by atoms with E-state index >= 15 is 0 Å². The van der Waals surface area contributed by atoms with E-state index in [0.29, 0.717) is 6.42 Å². The van der Waals surface area contributed by atoms with Crippen molar-refractivity contribution in [3.63, 3.8) is 0 Å². The minimum atomic E-state index is -0.609. The maximum Gasteiger partial charge on any atom is 0.264 e. The van der Waals surface area contributed by atoms with Crippen molar-refractivity contribution in [2.24, 2.45) is 5.16 Å². The number of carbonyl (C=O) groups is 1. The van der Waals surface area contributed by atoms with Crippen molar-refractivity contribution in [1.82, 2.24) is 5.32 Å². The molecule has 0 unspecified atom stereocenters. The van der Waals surface area contributed by atoms with Crippen molar-refractivity contribution in [2.75, 3.05) is 7.11 Å². The number of amides is 1. The predicted octanol–water partition coefficient (Wildman–Crippen LogP) is 3.83. The second-order valence-corrected chi connectivity index (χ2v) is 6.77. The van der Waals surface area contributed by atoms with Crippen LogP contribution in [0.4, 0.5) is 0 Å². The molecule has 6 heteroatoms. The lowest BCUT2D eigenvalue weighted by Gasteiger charge is -2.17. The largest absolute Gasteiger partial charge is 0.497 e. The maximum atomic E-state index is 12.5. The molecule has 1 aliphatic rings. The Kier molecular flexibility index (Phi) is 5.38. The Morgan fingerprint density at radius 3 is 2.88 bits per heavy atom. The number of hydrogen-bond acceptors (Lipinski definition) is 4. The lowest BCUT2D eigenvalue weighted by Crippen LogP contribution is -2.36. The van der Waals surface area contributed by atoms with E-state index in [0.717, 1.165) is 27.1 Å². The molecule has 0 aromatic heterocycles. The van der Waals surface area contributed by atoms with Crippen LogP contribution in [0.3, 0.4) is 0 Å². The summed E-state index contributed by atoms with van der Waals surface area (Å²) in [5, 5.41) is 7.04. The summed E-state index contributed by atoms with van der Waals surface area (Å²) in [6, 6.07) is 15.3. The number of benzene rings is 2. The first-order valence-electron chi connectivity index (χ1n) is 8.00. The Morgan fingerprint density at radius 1 is 1.32 bits per heavy atom.